The largest absolute Gasteiger partial charge is 0.341 e. The predicted molar refractivity (Wildman–Crippen MR) is 147 cm³/mol. The topological polar surface area (TPSA) is 81.2 Å². The fraction of sp³-hybridized carbons (Fsp3) is 0.393. The second-order valence-electron chi connectivity index (χ2n) is 10.3. The van der Waals surface area contributed by atoms with Gasteiger partial charge in [-0.25, -0.2) is 15.0 Å². The molecule has 0 bridgehead atoms. The van der Waals surface area contributed by atoms with Crippen LogP contribution in [0.1, 0.15) is 31.9 Å². The monoisotopic (exact) mass is 513 g/mol. The summed E-state index contributed by atoms with van der Waals surface area (Å²) in [6.45, 7) is 8.89. The van der Waals surface area contributed by atoms with E-state index in [0.717, 1.165) is 58.9 Å². The van der Waals surface area contributed by atoms with E-state index in [2.05, 4.69) is 29.5 Å². The lowest BCUT2D eigenvalue weighted by atomic mass is 9.92. The minimum atomic E-state index is 0.161. The molecular weight excluding hydrogens is 482 g/mol. The van der Waals surface area contributed by atoms with Crippen molar-refractivity contribution >= 4 is 45.3 Å². The number of likely N-dealkylation sites (tertiary alicyclic amines) is 1. The Labute approximate surface area is 220 Å². The van der Waals surface area contributed by atoms with E-state index in [1.54, 1.807) is 0 Å². The second-order valence-corrected chi connectivity index (χ2v) is 11.2. The lowest BCUT2D eigenvalue weighted by Gasteiger charge is -2.34. The van der Waals surface area contributed by atoms with Gasteiger partial charge in [-0.3, -0.25) is 4.79 Å². The summed E-state index contributed by atoms with van der Waals surface area (Å²) in [6, 6.07) is 16.2. The highest BCUT2D eigenvalue weighted by molar-refractivity contribution is 7.99. The number of hydrogen-bond acceptors (Lipinski definition) is 6. The van der Waals surface area contributed by atoms with E-state index in [1.807, 2.05) is 58.8 Å². The van der Waals surface area contributed by atoms with E-state index in [-0.39, 0.29) is 5.91 Å². The molecule has 0 aliphatic carbocycles. The maximum atomic E-state index is 13.1. The van der Waals surface area contributed by atoms with Crippen molar-refractivity contribution in [1.82, 2.24) is 34.0 Å². The van der Waals surface area contributed by atoms with E-state index < -0.39 is 0 Å². The van der Waals surface area contributed by atoms with Crippen molar-refractivity contribution in [3.05, 3.63) is 60.2 Å². The molecule has 1 aliphatic heterocycles. The molecule has 4 heterocycles. The molecule has 190 valence electrons. The van der Waals surface area contributed by atoms with Gasteiger partial charge in [0.25, 0.3) is 0 Å². The summed E-state index contributed by atoms with van der Waals surface area (Å²) < 4.78 is 4.03. The first-order valence-corrected chi connectivity index (χ1v) is 13.9. The van der Waals surface area contributed by atoms with Crippen molar-refractivity contribution in [3.8, 4) is 0 Å². The Morgan fingerprint density at radius 2 is 1.70 bits per heavy atom. The quantitative estimate of drug-likeness (QED) is 0.240. The van der Waals surface area contributed by atoms with Gasteiger partial charge in [0.2, 0.25) is 5.91 Å². The van der Waals surface area contributed by atoms with Crippen molar-refractivity contribution in [2.45, 2.75) is 45.3 Å². The molecule has 9 heteroatoms. The van der Waals surface area contributed by atoms with Gasteiger partial charge in [-0.1, -0.05) is 49.9 Å². The molecule has 2 aromatic carbocycles. The van der Waals surface area contributed by atoms with Crippen LogP contribution in [0.2, 0.25) is 0 Å². The second kappa shape index (κ2) is 9.78. The summed E-state index contributed by atoms with van der Waals surface area (Å²) >= 11 is 1.45. The molecule has 0 N–H and O–H groups in total. The van der Waals surface area contributed by atoms with E-state index in [1.165, 1.54) is 18.2 Å². The van der Waals surface area contributed by atoms with Gasteiger partial charge in [-0.2, -0.15) is 4.52 Å². The Morgan fingerprint density at radius 1 is 0.973 bits per heavy atom. The van der Waals surface area contributed by atoms with Crippen molar-refractivity contribution < 1.29 is 4.79 Å². The Kier molecular flexibility index (Phi) is 6.32. The minimum absolute atomic E-state index is 0.161. The van der Waals surface area contributed by atoms with Gasteiger partial charge < -0.3 is 9.47 Å². The number of aryl methyl sites for hydroxylation is 3. The predicted octanol–water partition coefficient (Wildman–Crippen LogP) is 4.77. The third-order valence-corrected chi connectivity index (χ3v) is 8.06. The van der Waals surface area contributed by atoms with Crippen molar-refractivity contribution in [2.24, 2.45) is 11.8 Å². The van der Waals surface area contributed by atoms with E-state index in [0.29, 0.717) is 29.2 Å². The van der Waals surface area contributed by atoms with E-state index >= 15 is 0 Å². The Bertz CT molecular complexity index is 1600. The molecule has 1 saturated heterocycles. The van der Waals surface area contributed by atoms with Crippen molar-refractivity contribution in [2.75, 3.05) is 18.8 Å². The lowest BCUT2D eigenvalue weighted by Crippen LogP contribution is -2.43. The van der Waals surface area contributed by atoms with Crippen molar-refractivity contribution in [3.63, 3.8) is 0 Å². The number of piperidine rings is 1. The fourth-order valence-electron chi connectivity index (χ4n) is 5.55. The van der Waals surface area contributed by atoms with Crippen LogP contribution in [0.15, 0.2) is 53.7 Å². The Hall–Kier alpha value is -3.46. The summed E-state index contributed by atoms with van der Waals surface area (Å²) in [5.74, 6) is 3.31. The molecule has 8 nitrogen and oxygen atoms in total. The van der Waals surface area contributed by atoms with Crippen LogP contribution >= 0.6 is 11.8 Å². The highest BCUT2D eigenvalue weighted by Gasteiger charge is 2.26. The molecule has 37 heavy (non-hydrogen) atoms. The fourth-order valence-corrected chi connectivity index (χ4v) is 6.39. The van der Waals surface area contributed by atoms with Gasteiger partial charge in [0.15, 0.2) is 16.6 Å². The smallest absolute Gasteiger partial charge is 0.233 e. The number of amides is 1. The standard InChI is InChI=1S/C28H31N7OS/c1-18-14-19(2)16-33(15-18)26(36)17-37-28-30-22-9-5-4-8-21(22)27-31-25(32-35(27)28)12-13-34-20(3)29-23-10-6-7-11-24(23)34/h4-11,18-19H,12-17H2,1-3H3/t18-,19+. The SMILES string of the molecule is Cc1nc2ccccc2n1CCc1nc2c3ccccc3nc(SCC(=O)N3C[C@H](C)C[C@H](C)C3)n2n1. The number of carbonyl (C=O) groups excluding carboxylic acids is 1. The van der Waals surface area contributed by atoms with E-state index in [4.69, 9.17) is 15.1 Å². The molecule has 6 rings (SSSR count). The first-order valence-electron chi connectivity index (χ1n) is 12.9. The van der Waals surface area contributed by atoms with Gasteiger partial charge in [-0.15, -0.1) is 5.10 Å². The Balaban J connectivity index is 1.28. The number of hydrogen-bond donors (Lipinski definition) is 0. The first kappa shape index (κ1) is 23.9. The normalized spacial score (nSPS) is 18.3. The summed E-state index contributed by atoms with van der Waals surface area (Å²) in [4.78, 5) is 29.5. The summed E-state index contributed by atoms with van der Waals surface area (Å²) in [7, 11) is 0. The molecule has 0 unspecified atom stereocenters. The van der Waals surface area contributed by atoms with Crippen LogP contribution in [0.5, 0.6) is 0 Å². The summed E-state index contributed by atoms with van der Waals surface area (Å²) in [5.41, 5.74) is 3.76. The average molecular weight is 514 g/mol. The molecule has 5 aromatic rings. The maximum Gasteiger partial charge on any atom is 0.233 e. The molecular formula is C28H31N7OS. The van der Waals surface area contributed by atoms with Gasteiger partial charge >= 0.3 is 0 Å². The van der Waals surface area contributed by atoms with Gasteiger partial charge in [0.05, 0.1) is 22.3 Å². The number of rotatable bonds is 6. The molecule has 1 aliphatic rings. The highest BCUT2D eigenvalue weighted by Crippen LogP contribution is 2.26. The number of para-hydroxylation sites is 3. The van der Waals surface area contributed by atoms with E-state index in [9.17, 15) is 4.79 Å². The Morgan fingerprint density at radius 3 is 2.51 bits per heavy atom. The van der Waals surface area contributed by atoms with Gasteiger partial charge in [-0.05, 0) is 49.4 Å². The van der Waals surface area contributed by atoms with Crippen LogP contribution in [-0.2, 0) is 17.8 Å². The first-order chi connectivity index (χ1) is 18.0. The number of aromatic nitrogens is 6. The number of benzene rings is 2. The molecule has 1 amide bonds. The van der Waals surface area contributed by atoms with Crippen molar-refractivity contribution in [1.29, 1.82) is 0 Å². The van der Waals surface area contributed by atoms with Crippen LogP contribution in [0.25, 0.3) is 27.6 Å². The molecule has 0 saturated carbocycles. The lowest BCUT2D eigenvalue weighted by molar-refractivity contribution is -0.130. The van der Waals surface area contributed by atoms with Crippen LogP contribution in [0.4, 0.5) is 0 Å². The van der Waals surface area contributed by atoms with Crippen LogP contribution in [0, 0.1) is 18.8 Å². The molecule has 3 aromatic heterocycles. The average Bonchev–Trinajstić information content (AvgIpc) is 3.46. The minimum Gasteiger partial charge on any atom is -0.341 e. The maximum absolute atomic E-state index is 13.1. The number of fused-ring (bicyclic) bond motifs is 4. The number of imidazole rings is 1. The third-order valence-electron chi connectivity index (χ3n) is 7.14. The van der Waals surface area contributed by atoms with Crippen LogP contribution in [0.3, 0.4) is 0 Å². The van der Waals surface area contributed by atoms with Crippen LogP contribution in [-0.4, -0.2) is 58.8 Å². The van der Waals surface area contributed by atoms with Crippen LogP contribution < -0.4 is 0 Å². The highest BCUT2D eigenvalue weighted by atomic mass is 32.2. The molecule has 2 atom stereocenters. The third kappa shape index (κ3) is 4.68. The van der Waals surface area contributed by atoms with Gasteiger partial charge in [0.1, 0.15) is 5.82 Å². The molecule has 0 spiro atoms. The summed E-state index contributed by atoms with van der Waals surface area (Å²) in [6.07, 6.45) is 1.85. The zero-order valence-corrected chi connectivity index (χ0v) is 22.3. The number of thioether (sulfide) groups is 1. The summed E-state index contributed by atoms with van der Waals surface area (Å²) in [5, 5.41) is 6.51. The molecule has 0 radical (unpaired) electrons. The number of nitrogens with zero attached hydrogens (tertiary/aromatic N) is 7. The zero-order chi connectivity index (χ0) is 25.5. The number of carbonyl (C=O) groups is 1. The zero-order valence-electron chi connectivity index (χ0n) is 21.5. The van der Waals surface area contributed by atoms with Gasteiger partial charge in [0, 0.05) is 31.4 Å². The molecule has 1 fully saturated rings.